The van der Waals surface area contributed by atoms with Gasteiger partial charge in [-0.2, -0.15) is 0 Å². The highest BCUT2D eigenvalue weighted by Gasteiger charge is 2.69. The molecular weight excluding hydrogens is 285 g/mol. The lowest BCUT2D eigenvalue weighted by molar-refractivity contribution is -0.134. The highest BCUT2D eigenvalue weighted by Crippen LogP contribution is 2.63. The maximum Gasteiger partial charge on any atom is 0.233 e. The average Bonchev–Trinajstić information content (AvgIpc) is 3.41. The van der Waals surface area contributed by atoms with Crippen LogP contribution in [0.3, 0.4) is 0 Å². The number of rotatable bonds is 4. The Kier molecular flexibility index (Phi) is 2.91. The number of hydrogen-bond acceptors (Lipinski definition) is 3. The van der Waals surface area contributed by atoms with Gasteiger partial charge in [-0.05, 0) is 30.7 Å². The SMILES string of the molecule is O=C(N1CC2C(C1)C2(CO)CO)C1(c2ccccc2F)CC1. The van der Waals surface area contributed by atoms with Gasteiger partial charge in [-0.25, -0.2) is 4.39 Å². The van der Waals surface area contributed by atoms with Crippen LogP contribution < -0.4 is 0 Å². The van der Waals surface area contributed by atoms with Crippen molar-refractivity contribution in [3.63, 3.8) is 0 Å². The van der Waals surface area contributed by atoms with Crippen molar-refractivity contribution in [3.05, 3.63) is 35.6 Å². The van der Waals surface area contributed by atoms with Gasteiger partial charge in [0.2, 0.25) is 5.91 Å². The molecule has 0 radical (unpaired) electrons. The van der Waals surface area contributed by atoms with Crippen LogP contribution in [-0.2, 0) is 10.2 Å². The van der Waals surface area contributed by atoms with Crippen molar-refractivity contribution >= 4 is 5.91 Å². The Bertz CT molecular complexity index is 610. The molecule has 2 aliphatic carbocycles. The van der Waals surface area contributed by atoms with E-state index >= 15 is 0 Å². The second-order valence-corrected chi connectivity index (χ2v) is 7.03. The van der Waals surface area contributed by atoms with Crippen LogP contribution in [0.4, 0.5) is 4.39 Å². The van der Waals surface area contributed by atoms with Crippen LogP contribution in [0.15, 0.2) is 24.3 Å². The number of aliphatic hydroxyl groups is 2. The Morgan fingerprint density at radius 1 is 1.18 bits per heavy atom. The summed E-state index contributed by atoms with van der Waals surface area (Å²) in [5.74, 6) is 0.0677. The summed E-state index contributed by atoms with van der Waals surface area (Å²) in [4.78, 5) is 14.7. The van der Waals surface area contributed by atoms with E-state index in [-0.39, 0.29) is 36.8 Å². The number of likely N-dealkylation sites (tertiary alicyclic amines) is 1. The lowest BCUT2D eigenvalue weighted by atomic mass is 9.93. The van der Waals surface area contributed by atoms with Crippen molar-refractivity contribution in [1.29, 1.82) is 0 Å². The first-order valence-corrected chi connectivity index (χ1v) is 7.85. The smallest absolute Gasteiger partial charge is 0.233 e. The Morgan fingerprint density at radius 3 is 2.27 bits per heavy atom. The molecule has 2 N–H and O–H groups in total. The first-order chi connectivity index (χ1) is 10.6. The van der Waals surface area contributed by atoms with E-state index in [9.17, 15) is 19.4 Å². The summed E-state index contributed by atoms with van der Waals surface area (Å²) in [6, 6.07) is 6.53. The summed E-state index contributed by atoms with van der Waals surface area (Å²) < 4.78 is 14.1. The summed E-state index contributed by atoms with van der Waals surface area (Å²) in [5, 5.41) is 18.9. The van der Waals surface area contributed by atoms with E-state index in [1.807, 2.05) is 0 Å². The molecule has 1 aliphatic heterocycles. The molecule has 0 aromatic heterocycles. The minimum atomic E-state index is -0.677. The fraction of sp³-hybridized carbons (Fsp3) is 0.588. The Hall–Kier alpha value is -1.46. The molecule has 0 bridgehead atoms. The van der Waals surface area contributed by atoms with Crippen molar-refractivity contribution in [2.24, 2.45) is 17.3 Å². The summed E-state index contributed by atoms with van der Waals surface area (Å²) in [5.41, 5.74) is -0.564. The van der Waals surface area contributed by atoms with Crippen molar-refractivity contribution in [2.45, 2.75) is 18.3 Å². The van der Waals surface area contributed by atoms with E-state index in [1.165, 1.54) is 6.07 Å². The number of halogens is 1. The van der Waals surface area contributed by atoms with Gasteiger partial charge in [0.25, 0.3) is 0 Å². The number of nitrogens with zero attached hydrogens (tertiary/aromatic N) is 1. The summed E-state index contributed by atoms with van der Waals surface area (Å²) in [6.45, 7) is 1.08. The lowest BCUT2D eigenvalue weighted by Crippen LogP contribution is -2.42. The summed E-state index contributed by atoms with van der Waals surface area (Å²) >= 11 is 0. The maximum absolute atomic E-state index is 14.1. The Labute approximate surface area is 128 Å². The summed E-state index contributed by atoms with van der Waals surface area (Å²) in [6.07, 6.45) is 1.40. The Balaban J connectivity index is 1.52. The minimum absolute atomic E-state index is 0.00887. The number of piperidine rings is 1. The molecule has 1 saturated heterocycles. The van der Waals surface area contributed by atoms with Crippen LogP contribution in [0.2, 0.25) is 0 Å². The molecule has 1 amide bonds. The average molecular weight is 305 g/mol. The second kappa shape index (κ2) is 4.52. The zero-order valence-corrected chi connectivity index (χ0v) is 12.3. The van der Waals surface area contributed by atoms with E-state index in [2.05, 4.69) is 0 Å². The fourth-order valence-corrected chi connectivity index (χ4v) is 4.40. The monoisotopic (exact) mass is 305 g/mol. The van der Waals surface area contributed by atoms with Crippen LogP contribution >= 0.6 is 0 Å². The van der Waals surface area contributed by atoms with E-state index in [4.69, 9.17) is 0 Å². The van der Waals surface area contributed by atoms with E-state index in [1.54, 1.807) is 23.1 Å². The zero-order valence-electron chi connectivity index (χ0n) is 12.3. The van der Waals surface area contributed by atoms with E-state index < -0.39 is 10.8 Å². The number of fused-ring (bicyclic) bond motifs is 1. The number of benzene rings is 1. The molecular formula is C17H20FNO3. The predicted octanol–water partition coefficient (Wildman–Crippen LogP) is 0.916. The van der Waals surface area contributed by atoms with E-state index in [0.29, 0.717) is 31.5 Å². The molecule has 118 valence electrons. The minimum Gasteiger partial charge on any atom is -0.396 e. The molecule has 2 unspecified atom stereocenters. The summed E-state index contributed by atoms with van der Waals surface area (Å²) in [7, 11) is 0. The van der Waals surface area contributed by atoms with Gasteiger partial charge in [0.1, 0.15) is 5.82 Å². The zero-order chi connectivity index (χ0) is 15.5. The molecule has 3 aliphatic rings. The number of aliphatic hydroxyl groups excluding tert-OH is 2. The van der Waals surface area contributed by atoms with Gasteiger partial charge in [-0.15, -0.1) is 0 Å². The third-order valence-corrected chi connectivity index (χ3v) is 6.11. The number of carbonyl (C=O) groups is 1. The molecule has 2 saturated carbocycles. The normalized spacial score (nSPS) is 30.0. The van der Waals surface area contributed by atoms with Gasteiger partial charge in [0.05, 0.1) is 18.6 Å². The van der Waals surface area contributed by atoms with Crippen molar-refractivity contribution in [3.8, 4) is 0 Å². The first kappa shape index (κ1) is 14.2. The molecule has 4 nitrogen and oxygen atoms in total. The van der Waals surface area contributed by atoms with Gasteiger partial charge < -0.3 is 15.1 Å². The molecule has 2 atom stereocenters. The quantitative estimate of drug-likeness (QED) is 0.869. The molecule has 3 fully saturated rings. The van der Waals surface area contributed by atoms with Gasteiger partial charge in [0, 0.05) is 24.1 Å². The number of amides is 1. The van der Waals surface area contributed by atoms with Gasteiger partial charge in [-0.3, -0.25) is 4.79 Å². The second-order valence-electron chi connectivity index (χ2n) is 7.03. The Morgan fingerprint density at radius 2 is 1.77 bits per heavy atom. The third-order valence-electron chi connectivity index (χ3n) is 6.11. The lowest BCUT2D eigenvalue weighted by Gasteiger charge is -2.28. The first-order valence-electron chi connectivity index (χ1n) is 7.85. The molecule has 22 heavy (non-hydrogen) atoms. The molecule has 1 heterocycles. The van der Waals surface area contributed by atoms with Gasteiger partial charge >= 0.3 is 0 Å². The van der Waals surface area contributed by atoms with Gasteiger partial charge in [-0.1, -0.05) is 18.2 Å². The molecule has 0 spiro atoms. The van der Waals surface area contributed by atoms with Crippen LogP contribution in [0, 0.1) is 23.1 Å². The highest BCUT2D eigenvalue weighted by molar-refractivity contribution is 5.91. The molecule has 4 rings (SSSR count). The van der Waals surface area contributed by atoms with Gasteiger partial charge in [0.15, 0.2) is 0 Å². The third kappa shape index (κ3) is 1.66. The largest absolute Gasteiger partial charge is 0.396 e. The standard InChI is InChI=1S/C17H20FNO3/c18-14-4-2-1-3-11(14)16(5-6-16)15(22)19-7-12-13(8-19)17(12,9-20)10-21/h1-4,12-13,20-21H,5-10H2. The molecule has 5 heteroatoms. The topological polar surface area (TPSA) is 60.8 Å². The predicted molar refractivity (Wildman–Crippen MR) is 77.5 cm³/mol. The number of hydrogen-bond donors (Lipinski definition) is 2. The van der Waals surface area contributed by atoms with Crippen LogP contribution in [0.25, 0.3) is 0 Å². The van der Waals surface area contributed by atoms with Crippen LogP contribution in [-0.4, -0.2) is 47.3 Å². The van der Waals surface area contributed by atoms with Crippen molar-refractivity contribution in [2.75, 3.05) is 26.3 Å². The maximum atomic E-state index is 14.1. The number of carbonyl (C=O) groups excluding carboxylic acids is 1. The molecule has 1 aromatic carbocycles. The molecule has 1 aromatic rings. The van der Waals surface area contributed by atoms with Crippen molar-refractivity contribution < 1.29 is 19.4 Å². The van der Waals surface area contributed by atoms with Crippen LogP contribution in [0.5, 0.6) is 0 Å². The highest BCUT2D eigenvalue weighted by atomic mass is 19.1. The van der Waals surface area contributed by atoms with Crippen LogP contribution in [0.1, 0.15) is 18.4 Å². The van der Waals surface area contributed by atoms with Crippen molar-refractivity contribution in [1.82, 2.24) is 4.90 Å². The fourth-order valence-electron chi connectivity index (χ4n) is 4.40. The van der Waals surface area contributed by atoms with E-state index in [0.717, 1.165) is 0 Å².